The second-order valence-electron chi connectivity index (χ2n) is 3.57. The number of nitrogens with zero attached hydrogens (tertiary/aromatic N) is 4. The fourth-order valence-electron chi connectivity index (χ4n) is 1.22. The maximum absolute atomic E-state index is 13.4. The summed E-state index contributed by atoms with van der Waals surface area (Å²) in [5, 5.41) is 17.7. The number of nitriles is 1. The molecule has 7 heteroatoms. The van der Waals surface area contributed by atoms with Gasteiger partial charge in [-0.1, -0.05) is 29.2 Å². The van der Waals surface area contributed by atoms with E-state index in [1.54, 1.807) is 12.1 Å². The molecule has 18 heavy (non-hydrogen) atoms. The highest BCUT2D eigenvalue weighted by Crippen LogP contribution is 2.34. The molecule has 2 aromatic rings. The predicted molar refractivity (Wildman–Crippen MR) is 69.5 cm³/mol. The lowest BCUT2D eigenvalue weighted by Gasteiger charge is -2.04. The van der Waals surface area contributed by atoms with Gasteiger partial charge in [0.05, 0.1) is 0 Å². The average Bonchev–Trinajstić information content (AvgIpc) is 2.78. The third kappa shape index (κ3) is 2.60. The first kappa shape index (κ1) is 12.8. The molecule has 0 aliphatic carbocycles. The first-order valence-electron chi connectivity index (χ1n) is 4.99. The summed E-state index contributed by atoms with van der Waals surface area (Å²) < 4.78 is 14.1. The quantitative estimate of drug-likeness (QED) is 0.865. The van der Waals surface area contributed by atoms with Crippen LogP contribution in [0.15, 0.2) is 27.4 Å². The van der Waals surface area contributed by atoms with Gasteiger partial charge in [-0.15, -0.1) is 10.2 Å². The molecule has 2 rings (SSSR count). The van der Waals surface area contributed by atoms with E-state index in [0.29, 0.717) is 9.24 Å². The second kappa shape index (κ2) is 5.33. The first-order chi connectivity index (χ1) is 8.61. The average molecular weight is 280 g/mol. The molecular weight excluding hydrogens is 271 g/mol. The monoisotopic (exact) mass is 280 g/mol. The minimum Gasteiger partial charge on any atom is -0.353 e. The summed E-state index contributed by atoms with van der Waals surface area (Å²) >= 11 is 2.64. The number of anilines is 1. The van der Waals surface area contributed by atoms with Crippen LogP contribution in [0.1, 0.15) is 5.56 Å². The summed E-state index contributed by atoms with van der Waals surface area (Å²) in [6, 6.07) is 6.41. The summed E-state index contributed by atoms with van der Waals surface area (Å²) in [6.07, 6.45) is 0. The number of aromatic nitrogens is 2. The summed E-state index contributed by atoms with van der Waals surface area (Å²) in [4.78, 5) is 2.40. The van der Waals surface area contributed by atoms with Crippen molar-refractivity contribution in [3.05, 3.63) is 29.6 Å². The van der Waals surface area contributed by atoms with Gasteiger partial charge in [-0.25, -0.2) is 4.39 Å². The van der Waals surface area contributed by atoms with E-state index in [0.717, 1.165) is 5.13 Å². The number of halogens is 1. The van der Waals surface area contributed by atoms with Gasteiger partial charge >= 0.3 is 0 Å². The minimum absolute atomic E-state index is 0.0455. The first-order valence-corrected chi connectivity index (χ1v) is 6.62. The maximum Gasteiger partial charge on any atom is 0.208 e. The Bertz CT molecular complexity index is 603. The third-order valence-electron chi connectivity index (χ3n) is 2.06. The van der Waals surface area contributed by atoms with Crippen LogP contribution < -0.4 is 4.90 Å². The zero-order valence-electron chi connectivity index (χ0n) is 9.72. The van der Waals surface area contributed by atoms with Crippen LogP contribution in [0.5, 0.6) is 0 Å². The molecule has 0 aliphatic heterocycles. The summed E-state index contributed by atoms with van der Waals surface area (Å²) in [5.74, 6) is -0.514. The lowest BCUT2D eigenvalue weighted by molar-refractivity contribution is 0.620. The van der Waals surface area contributed by atoms with Crippen molar-refractivity contribution in [2.24, 2.45) is 0 Å². The molecule has 1 heterocycles. The highest BCUT2D eigenvalue weighted by Gasteiger charge is 2.12. The summed E-state index contributed by atoms with van der Waals surface area (Å²) in [7, 11) is 3.75. The lowest BCUT2D eigenvalue weighted by Crippen LogP contribution is -2.07. The predicted octanol–water partition coefficient (Wildman–Crippen LogP) is 2.77. The third-order valence-corrected chi connectivity index (χ3v) is 4.26. The highest BCUT2D eigenvalue weighted by molar-refractivity contribution is 8.01. The lowest BCUT2D eigenvalue weighted by atomic mass is 10.2. The van der Waals surface area contributed by atoms with Crippen molar-refractivity contribution in [3.63, 3.8) is 0 Å². The SMILES string of the molecule is CN(C)c1nnc(Sc2cccc(F)c2C#N)s1. The zero-order valence-corrected chi connectivity index (χ0v) is 11.3. The molecule has 0 radical (unpaired) electrons. The summed E-state index contributed by atoms with van der Waals surface area (Å²) in [5.41, 5.74) is 0.0455. The van der Waals surface area contributed by atoms with Crippen LogP contribution in [0.2, 0.25) is 0 Å². The molecule has 92 valence electrons. The van der Waals surface area contributed by atoms with E-state index in [1.165, 1.54) is 29.2 Å². The molecule has 0 aliphatic rings. The maximum atomic E-state index is 13.4. The Hall–Kier alpha value is -1.65. The molecule has 0 amide bonds. The van der Waals surface area contributed by atoms with Crippen LogP contribution in [0, 0.1) is 17.1 Å². The van der Waals surface area contributed by atoms with Gasteiger partial charge in [-0.05, 0) is 12.1 Å². The fourth-order valence-corrected chi connectivity index (χ4v) is 3.04. The molecule has 0 fully saturated rings. The van der Waals surface area contributed by atoms with Gasteiger partial charge in [0, 0.05) is 19.0 Å². The van der Waals surface area contributed by atoms with Crippen LogP contribution in [0.3, 0.4) is 0 Å². The van der Waals surface area contributed by atoms with Gasteiger partial charge in [0.15, 0.2) is 4.34 Å². The highest BCUT2D eigenvalue weighted by atomic mass is 32.2. The molecule has 0 atom stereocenters. The number of rotatable bonds is 3. The zero-order chi connectivity index (χ0) is 13.1. The largest absolute Gasteiger partial charge is 0.353 e. The van der Waals surface area contributed by atoms with E-state index in [1.807, 2.05) is 25.1 Å². The minimum atomic E-state index is -0.514. The standard InChI is InChI=1S/C11H9FN4S2/c1-16(2)10-14-15-11(18-10)17-9-5-3-4-8(12)7(9)6-13/h3-5H,1-2H3. The normalized spacial score (nSPS) is 10.1. The Balaban J connectivity index is 2.29. The van der Waals surface area contributed by atoms with Crippen LogP contribution in [0.4, 0.5) is 9.52 Å². The van der Waals surface area contributed by atoms with Crippen LogP contribution in [-0.2, 0) is 0 Å². The smallest absolute Gasteiger partial charge is 0.208 e. The van der Waals surface area contributed by atoms with Crippen molar-refractivity contribution in [2.75, 3.05) is 19.0 Å². The van der Waals surface area contributed by atoms with E-state index in [2.05, 4.69) is 10.2 Å². The molecule has 0 bridgehead atoms. The van der Waals surface area contributed by atoms with Crippen molar-refractivity contribution in [2.45, 2.75) is 9.24 Å². The van der Waals surface area contributed by atoms with Crippen molar-refractivity contribution in [3.8, 4) is 6.07 Å². The number of benzene rings is 1. The van der Waals surface area contributed by atoms with Gasteiger partial charge in [0.1, 0.15) is 17.4 Å². The molecule has 4 nitrogen and oxygen atoms in total. The van der Waals surface area contributed by atoms with Crippen molar-refractivity contribution < 1.29 is 4.39 Å². The Labute approximate surface area is 112 Å². The van der Waals surface area contributed by atoms with E-state index >= 15 is 0 Å². The fraction of sp³-hybridized carbons (Fsp3) is 0.182. The van der Waals surface area contributed by atoms with Crippen LogP contribution in [-0.4, -0.2) is 24.3 Å². The molecule has 1 aromatic heterocycles. The van der Waals surface area contributed by atoms with Gasteiger partial charge in [-0.2, -0.15) is 5.26 Å². The molecule has 1 aromatic carbocycles. The van der Waals surface area contributed by atoms with Gasteiger partial charge in [0.2, 0.25) is 5.13 Å². The van der Waals surface area contributed by atoms with Gasteiger partial charge in [0.25, 0.3) is 0 Å². The Morgan fingerprint density at radius 3 is 2.78 bits per heavy atom. The Morgan fingerprint density at radius 2 is 2.17 bits per heavy atom. The molecule has 0 N–H and O–H groups in total. The molecule has 0 saturated heterocycles. The van der Waals surface area contributed by atoms with E-state index in [4.69, 9.17) is 5.26 Å². The number of hydrogen-bond acceptors (Lipinski definition) is 6. The Kier molecular flexibility index (Phi) is 3.79. The van der Waals surface area contributed by atoms with Crippen molar-refractivity contribution >= 4 is 28.2 Å². The summed E-state index contributed by atoms with van der Waals surface area (Å²) in [6.45, 7) is 0. The van der Waals surface area contributed by atoms with E-state index < -0.39 is 5.82 Å². The van der Waals surface area contributed by atoms with E-state index in [9.17, 15) is 4.39 Å². The van der Waals surface area contributed by atoms with Crippen molar-refractivity contribution in [1.29, 1.82) is 5.26 Å². The van der Waals surface area contributed by atoms with Gasteiger partial charge in [-0.3, -0.25) is 0 Å². The Morgan fingerprint density at radius 1 is 1.39 bits per heavy atom. The molecule has 0 spiro atoms. The van der Waals surface area contributed by atoms with Gasteiger partial charge < -0.3 is 4.90 Å². The number of hydrogen-bond donors (Lipinski definition) is 0. The van der Waals surface area contributed by atoms with Crippen LogP contribution in [0.25, 0.3) is 0 Å². The second-order valence-corrected chi connectivity index (χ2v) is 5.82. The van der Waals surface area contributed by atoms with E-state index in [-0.39, 0.29) is 5.56 Å². The molecule has 0 unspecified atom stereocenters. The molecular formula is C11H9FN4S2. The topological polar surface area (TPSA) is 52.8 Å². The molecule has 0 saturated carbocycles. The van der Waals surface area contributed by atoms with Crippen molar-refractivity contribution in [1.82, 2.24) is 10.2 Å². The van der Waals surface area contributed by atoms with Crippen LogP contribution >= 0.6 is 23.1 Å².